The van der Waals surface area contributed by atoms with Crippen LogP contribution in [0, 0.1) is 46.3 Å². The van der Waals surface area contributed by atoms with Crippen LogP contribution in [0.2, 0.25) is 0 Å². The number of hydrogen-bond donors (Lipinski definition) is 10. The van der Waals surface area contributed by atoms with Crippen molar-refractivity contribution in [2.24, 2.45) is 46.3 Å². The molecule has 18 nitrogen and oxygen atoms in total. The molecular formula is C45H72O18. The van der Waals surface area contributed by atoms with Crippen molar-refractivity contribution in [3.8, 4) is 0 Å². The van der Waals surface area contributed by atoms with Gasteiger partial charge in [0.25, 0.3) is 0 Å². The van der Waals surface area contributed by atoms with Crippen LogP contribution in [0.15, 0.2) is 11.6 Å². The van der Waals surface area contributed by atoms with Crippen LogP contribution in [0.25, 0.3) is 0 Å². The van der Waals surface area contributed by atoms with Crippen LogP contribution in [-0.2, 0) is 37.9 Å². The quantitative estimate of drug-likeness (QED) is 0.133. The van der Waals surface area contributed by atoms with Crippen molar-refractivity contribution in [1.82, 2.24) is 0 Å². The van der Waals surface area contributed by atoms with E-state index in [0.717, 1.165) is 32.1 Å². The highest BCUT2D eigenvalue weighted by molar-refractivity contribution is 5.26. The maximum atomic E-state index is 12.0. The second kappa shape index (κ2) is 17.5. The fraction of sp³-hybridized carbons (Fsp3) is 0.956. The monoisotopic (exact) mass is 900 g/mol. The summed E-state index contributed by atoms with van der Waals surface area (Å²) in [6.45, 7) is 9.66. The first-order valence-corrected chi connectivity index (χ1v) is 23.5. The van der Waals surface area contributed by atoms with E-state index in [9.17, 15) is 51.1 Å². The largest absolute Gasteiger partial charge is 0.396 e. The van der Waals surface area contributed by atoms with E-state index >= 15 is 0 Å². The molecule has 0 aromatic rings. The van der Waals surface area contributed by atoms with Crippen LogP contribution in [0.4, 0.5) is 0 Å². The molecule has 5 heterocycles. The lowest BCUT2D eigenvalue weighted by molar-refractivity contribution is -0.388. The molecule has 63 heavy (non-hydrogen) atoms. The summed E-state index contributed by atoms with van der Waals surface area (Å²) < 4.78 is 49.7. The minimum Gasteiger partial charge on any atom is -0.396 e. The Balaban J connectivity index is 0.913. The second-order valence-corrected chi connectivity index (χ2v) is 21.1. The van der Waals surface area contributed by atoms with E-state index in [0.29, 0.717) is 43.6 Å². The molecule has 360 valence electrons. The molecule has 1 spiro atoms. The third-order valence-electron chi connectivity index (χ3n) is 17.8. The normalized spacial score (nSPS) is 58.1. The Kier molecular flexibility index (Phi) is 13.1. The molecule has 5 saturated heterocycles. The molecule has 0 aromatic carbocycles. The van der Waals surface area contributed by atoms with E-state index < -0.39 is 117 Å². The molecular weight excluding hydrogens is 828 g/mol. The first-order valence-electron chi connectivity index (χ1n) is 23.5. The first-order chi connectivity index (χ1) is 29.9. The number of aliphatic hydroxyl groups is 10. The Morgan fingerprint density at radius 3 is 1.95 bits per heavy atom. The van der Waals surface area contributed by atoms with Gasteiger partial charge in [0.05, 0.1) is 37.6 Å². The third kappa shape index (κ3) is 7.62. The highest BCUT2D eigenvalue weighted by Gasteiger charge is 2.70. The molecule has 0 bridgehead atoms. The maximum Gasteiger partial charge on any atom is 0.197 e. The molecule has 0 radical (unpaired) electrons. The van der Waals surface area contributed by atoms with Gasteiger partial charge in [-0.15, -0.1) is 0 Å². The van der Waals surface area contributed by atoms with Gasteiger partial charge in [-0.05, 0) is 99.7 Å². The van der Waals surface area contributed by atoms with Crippen LogP contribution in [-0.4, -0.2) is 187 Å². The number of hydrogen-bond acceptors (Lipinski definition) is 18. The minimum atomic E-state index is -1.73. The van der Waals surface area contributed by atoms with E-state index in [1.54, 1.807) is 0 Å². The van der Waals surface area contributed by atoms with Gasteiger partial charge in [0.2, 0.25) is 0 Å². The van der Waals surface area contributed by atoms with Gasteiger partial charge < -0.3 is 89.0 Å². The molecule has 3 saturated carbocycles. The summed E-state index contributed by atoms with van der Waals surface area (Å²) in [6.07, 6.45) is -14.1. The molecule has 27 atom stereocenters. The zero-order valence-electron chi connectivity index (χ0n) is 37.0. The fourth-order valence-electron chi connectivity index (χ4n) is 14.2. The van der Waals surface area contributed by atoms with Gasteiger partial charge in [-0.1, -0.05) is 32.4 Å². The van der Waals surface area contributed by atoms with Crippen molar-refractivity contribution >= 4 is 0 Å². The number of fused-ring (bicyclic) bond motifs is 7. The average Bonchev–Trinajstić information content (AvgIpc) is 3.72. The Morgan fingerprint density at radius 1 is 0.683 bits per heavy atom. The molecule has 18 heteroatoms. The fourth-order valence-corrected chi connectivity index (χ4v) is 14.2. The van der Waals surface area contributed by atoms with E-state index in [2.05, 4.69) is 26.8 Å². The molecule has 10 N–H and O–H groups in total. The van der Waals surface area contributed by atoms with E-state index in [1.165, 1.54) is 19.4 Å². The number of allylic oxidation sites excluding steroid dienone is 1. The Labute approximate surface area is 368 Å². The van der Waals surface area contributed by atoms with Crippen molar-refractivity contribution in [3.05, 3.63) is 11.6 Å². The van der Waals surface area contributed by atoms with Crippen LogP contribution >= 0.6 is 0 Å². The third-order valence-corrected chi connectivity index (χ3v) is 17.8. The van der Waals surface area contributed by atoms with Crippen molar-refractivity contribution in [2.75, 3.05) is 19.8 Å². The second-order valence-electron chi connectivity index (χ2n) is 21.1. The van der Waals surface area contributed by atoms with Crippen molar-refractivity contribution in [3.63, 3.8) is 0 Å². The summed E-state index contributed by atoms with van der Waals surface area (Å²) in [7, 11) is 0. The summed E-state index contributed by atoms with van der Waals surface area (Å²) >= 11 is 0. The van der Waals surface area contributed by atoms with Crippen LogP contribution in [0.3, 0.4) is 0 Å². The summed E-state index contributed by atoms with van der Waals surface area (Å²) in [5, 5.41) is 107. The number of ether oxygens (including phenoxy) is 8. The number of aliphatic hydroxyl groups excluding tert-OH is 10. The van der Waals surface area contributed by atoms with Crippen molar-refractivity contribution < 1.29 is 89.0 Å². The topological polar surface area (TPSA) is 276 Å². The Bertz CT molecular complexity index is 1660. The van der Waals surface area contributed by atoms with Gasteiger partial charge in [0, 0.05) is 18.4 Å². The standard InChI is InChI=1S/C45H72O18/c1-18-30-27(63-45(18)29(48)12-21(15-46)17-56-45)14-26-24-7-6-22-13-23(8-10-43(22,4)25(24)9-11-44(26,30)5)59-42-39(62-41-36(54)34(52)32(50)20(3)58-41)37(55)38(28(16-47)60-42)61-40-35(53)33(51)31(49)19(2)57-40/h6,18-21,23-42,46-55H,7-17H2,1-5H3/t18-,19-,20-,21+,23-,24+,25-,26-,27-,28+,29-,30-,31-,32-,33+,34+,35+,36+,37-,38+,39+,40-,41-,42+,43-,44-,45-/m0/s1. The highest BCUT2D eigenvalue weighted by atomic mass is 16.8. The predicted octanol–water partition coefficient (Wildman–Crippen LogP) is -0.815. The molecule has 8 fully saturated rings. The number of rotatable bonds is 8. The zero-order chi connectivity index (χ0) is 45.1. The lowest BCUT2D eigenvalue weighted by Crippen LogP contribution is -2.66. The van der Waals surface area contributed by atoms with E-state index in [4.69, 9.17) is 37.9 Å². The Hall–Kier alpha value is -0.980. The van der Waals surface area contributed by atoms with Crippen LogP contribution in [0.5, 0.6) is 0 Å². The lowest BCUT2D eigenvalue weighted by Gasteiger charge is -2.59. The smallest absolute Gasteiger partial charge is 0.197 e. The molecule has 9 aliphatic rings. The van der Waals surface area contributed by atoms with Gasteiger partial charge >= 0.3 is 0 Å². The summed E-state index contributed by atoms with van der Waals surface area (Å²) in [5.74, 6) is 0.465. The van der Waals surface area contributed by atoms with Gasteiger partial charge in [-0.2, -0.15) is 0 Å². The first kappa shape index (κ1) is 47.1. The van der Waals surface area contributed by atoms with Gasteiger partial charge in [0.1, 0.15) is 67.1 Å². The van der Waals surface area contributed by atoms with Crippen LogP contribution in [0.1, 0.15) is 86.0 Å². The van der Waals surface area contributed by atoms with Crippen LogP contribution < -0.4 is 0 Å². The lowest BCUT2D eigenvalue weighted by atomic mass is 9.47. The summed E-state index contributed by atoms with van der Waals surface area (Å²) in [4.78, 5) is 0. The molecule has 9 rings (SSSR count). The molecule has 0 aromatic heterocycles. The molecule has 0 amide bonds. The summed E-state index contributed by atoms with van der Waals surface area (Å²) in [5.41, 5.74) is 1.23. The van der Waals surface area contributed by atoms with E-state index in [-0.39, 0.29) is 41.3 Å². The van der Waals surface area contributed by atoms with Crippen molar-refractivity contribution in [2.45, 2.75) is 202 Å². The summed E-state index contributed by atoms with van der Waals surface area (Å²) in [6, 6.07) is 0. The van der Waals surface area contributed by atoms with E-state index in [1.807, 2.05) is 0 Å². The van der Waals surface area contributed by atoms with Gasteiger partial charge in [-0.3, -0.25) is 0 Å². The maximum absolute atomic E-state index is 12.0. The molecule has 4 aliphatic carbocycles. The predicted molar refractivity (Wildman–Crippen MR) is 216 cm³/mol. The molecule has 0 unspecified atom stereocenters. The molecule has 5 aliphatic heterocycles. The highest BCUT2D eigenvalue weighted by Crippen LogP contribution is 2.70. The zero-order valence-corrected chi connectivity index (χ0v) is 37.0. The average molecular weight is 901 g/mol. The van der Waals surface area contributed by atoms with Crippen molar-refractivity contribution in [1.29, 1.82) is 0 Å². The Morgan fingerprint density at radius 2 is 1.33 bits per heavy atom. The minimum absolute atomic E-state index is 0.00738. The van der Waals surface area contributed by atoms with Gasteiger partial charge in [-0.25, -0.2) is 0 Å². The van der Waals surface area contributed by atoms with Gasteiger partial charge in [0.15, 0.2) is 24.7 Å². The SMILES string of the molecule is C[C@@H]1O[C@@H](O[C@H]2[C@H](O[C@H]3CC[C@@]4(C)C(=CC[C@H]5[C@@H]6C[C@@H]7O[C@@]8(OC[C@@H](CO)C[C@@H]8O)[C@@H](C)[C@@H]7[C@@]6(C)CC[C@@H]54)C3)O[C@H](CO)[C@@H](O[C@@H]3O[C@@H](C)[C@H](O)[C@@H](O)[C@H]3O)[C@@H]2O)[C@H](O)[C@H](O)[C@H]1O.